The van der Waals surface area contributed by atoms with Gasteiger partial charge in [0.1, 0.15) is 0 Å². The van der Waals surface area contributed by atoms with Crippen LogP contribution in [0.15, 0.2) is 0 Å². The molecule has 0 fully saturated rings. The molecular formula is C6H14NOS2+2. The third-order valence-corrected chi connectivity index (χ3v) is 1.77. The van der Waals surface area contributed by atoms with Gasteiger partial charge in [0, 0.05) is 19.1 Å². The number of ether oxygens (including phenoxy) is 1. The predicted octanol–water partition coefficient (Wildman–Crippen LogP) is 1.66. The van der Waals surface area contributed by atoms with Crippen molar-refractivity contribution in [3.8, 4) is 0 Å². The quantitative estimate of drug-likeness (QED) is 0.277. The van der Waals surface area contributed by atoms with Crippen LogP contribution in [0.1, 0.15) is 6.92 Å². The molecule has 0 rings (SSSR count). The van der Waals surface area contributed by atoms with Crippen LogP contribution in [0.5, 0.6) is 0 Å². The van der Waals surface area contributed by atoms with Gasteiger partial charge in [-0.05, 0) is 0 Å². The number of quaternary nitrogens is 1. The first-order valence-corrected chi connectivity index (χ1v) is 4.31. The van der Waals surface area contributed by atoms with E-state index in [1.807, 2.05) is 6.92 Å². The van der Waals surface area contributed by atoms with Crippen molar-refractivity contribution in [2.24, 2.45) is 0 Å². The van der Waals surface area contributed by atoms with Crippen LogP contribution >= 0.6 is 24.2 Å². The molecule has 4 heteroatoms. The van der Waals surface area contributed by atoms with Gasteiger partial charge in [0.25, 0.3) is 6.61 Å². The Labute approximate surface area is 72.3 Å². The standard InChI is InChI=1S/C6H14NOS2/c1-5-8-6(9)10-7(2,3)4/h5H2,1-4H3/q+2. The summed E-state index contributed by atoms with van der Waals surface area (Å²) in [5, 5.41) is 0. The van der Waals surface area contributed by atoms with Crippen molar-refractivity contribution < 1.29 is 8.63 Å². The summed E-state index contributed by atoms with van der Waals surface area (Å²) in [5.41, 5.74) is 0. The van der Waals surface area contributed by atoms with Crippen LogP contribution in [-0.4, -0.2) is 36.0 Å². The van der Waals surface area contributed by atoms with Gasteiger partial charge >= 0.3 is 4.38 Å². The molecule has 0 saturated heterocycles. The van der Waals surface area contributed by atoms with E-state index in [1.54, 1.807) is 0 Å². The van der Waals surface area contributed by atoms with E-state index < -0.39 is 0 Å². The molecule has 0 saturated carbocycles. The summed E-state index contributed by atoms with van der Waals surface area (Å²) in [4.78, 5) is 0. The molecule has 0 bridgehead atoms. The van der Waals surface area contributed by atoms with Crippen molar-refractivity contribution in [2.45, 2.75) is 6.92 Å². The Bertz CT molecular complexity index is 119. The third kappa shape index (κ3) is 6.32. The van der Waals surface area contributed by atoms with Crippen molar-refractivity contribution >= 4 is 28.5 Å². The monoisotopic (exact) mass is 180 g/mol. The molecule has 2 nitrogen and oxygen atoms in total. The van der Waals surface area contributed by atoms with Crippen LogP contribution in [0.4, 0.5) is 0 Å². The van der Waals surface area contributed by atoms with Gasteiger partial charge in [0.15, 0.2) is 0 Å². The van der Waals surface area contributed by atoms with E-state index >= 15 is 0 Å². The molecule has 0 heterocycles. The molecule has 0 amide bonds. The zero-order valence-electron chi connectivity index (χ0n) is 6.88. The molecule has 0 unspecified atom stereocenters. The Morgan fingerprint density at radius 3 is 2.30 bits per heavy atom. The summed E-state index contributed by atoms with van der Waals surface area (Å²) in [6.45, 7) is 2.59. The first kappa shape index (κ1) is 10.2. The second-order valence-electron chi connectivity index (χ2n) is 2.66. The van der Waals surface area contributed by atoms with Gasteiger partial charge in [-0.2, -0.15) is 0 Å². The molecule has 59 valence electrons. The van der Waals surface area contributed by atoms with Crippen LogP contribution in [0.3, 0.4) is 0 Å². The zero-order chi connectivity index (χ0) is 8.20. The van der Waals surface area contributed by atoms with Crippen LogP contribution in [0.2, 0.25) is 0 Å². The van der Waals surface area contributed by atoms with Crippen LogP contribution in [-0.2, 0) is 4.74 Å². The van der Waals surface area contributed by atoms with Gasteiger partial charge in [0.2, 0.25) is 11.9 Å². The molecule has 0 aliphatic carbocycles. The molecule has 0 aromatic heterocycles. The smallest absolute Gasteiger partial charge is 0.256 e. The van der Waals surface area contributed by atoms with Crippen molar-refractivity contribution in [2.75, 3.05) is 27.7 Å². The lowest BCUT2D eigenvalue weighted by Crippen LogP contribution is -2.27. The first-order valence-electron chi connectivity index (χ1n) is 3.13. The maximum absolute atomic E-state index is 5.10. The maximum Gasteiger partial charge on any atom is 0.502 e. The van der Waals surface area contributed by atoms with Crippen molar-refractivity contribution in [1.29, 1.82) is 0 Å². The first-order chi connectivity index (χ1) is 4.45. The van der Waals surface area contributed by atoms with E-state index in [-0.39, 0.29) is 0 Å². The van der Waals surface area contributed by atoms with Gasteiger partial charge in [0.05, 0.1) is 21.1 Å². The molecule has 10 heavy (non-hydrogen) atoms. The summed E-state index contributed by atoms with van der Waals surface area (Å²) >= 11 is 6.45. The summed E-state index contributed by atoms with van der Waals surface area (Å²) in [5.74, 6) is 0. The Balaban J connectivity index is 3.58. The fraction of sp³-hybridized carbons (Fsp3) is 0.833. The SMILES string of the molecule is CC[O+]C(=S)S[N+](C)(C)C. The minimum Gasteiger partial charge on any atom is -0.256 e. The average Bonchev–Trinajstić information content (AvgIpc) is 1.59. The van der Waals surface area contributed by atoms with E-state index in [4.69, 9.17) is 17.0 Å². The molecule has 0 spiro atoms. The number of nitrogens with zero attached hydrogens (tertiary/aromatic N) is 1. The minimum absolute atomic E-state index is 0.620. The summed E-state index contributed by atoms with van der Waals surface area (Å²) < 4.78 is 6.47. The molecule has 0 aliphatic heterocycles. The van der Waals surface area contributed by atoms with E-state index in [9.17, 15) is 0 Å². The predicted molar refractivity (Wildman–Crippen MR) is 49.8 cm³/mol. The molecule has 0 atom stereocenters. The van der Waals surface area contributed by atoms with Gasteiger partial charge < -0.3 is 0 Å². The molecule has 0 N–H and O–H groups in total. The summed E-state index contributed by atoms with van der Waals surface area (Å²) in [6, 6.07) is 0. The fourth-order valence-corrected chi connectivity index (χ4v) is 1.77. The van der Waals surface area contributed by atoms with E-state index in [0.717, 1.165) is 3.89 Å². The highest BCUT2D eigenvalue weighted by atomic mass is 32.2. The van der Waals surface area contributed by atoms with Gasteiger partial charge in [-0.15, -0.1) is 0 Å². The van der Waals surface area contributed by atoms with Crippen LogP contribution in [0, 0.1) is 0 Å². The highest BCUT2D eigenvalue weighted by Crippen LogP contribution is 2.15. The van der Waals surface area contributed by atoms with Gasteiger partial charge in [-0.1, -0.05) is 0 Å². The lowest BCUT2D eigenvalue weighted by molar-refractivity contribution is -0.725. The van der Waals surface area contributed by atoms with Crippen molar-refractivity contribution in [1.82, 2.24) is 0 Å². The number of rotatable bonds is 2. The Morgan fingerprint density at radius 1 is 1.50 bits per heavy atom. The second-order valence-corrected chi connectivity index (χ2v) is 4.94. The largest absolute Gasteiger partial charge is 0.502 e. The topological polar surface area (TPSA) is 11.3 Å². The summed E-state index contributed by atoms with van der Waals surface area (Å²) in [7, 11) is 6.15. The Morgan fingerprint density at radius 2 is 2.00 bits per heavy atom. The maximum atomic E-state index is 5.10. The van der Waals surface area contributed by atoms with E-state index in [2.05, 4.69) is 21.1 Å². The Kier molecular flexibility index (Phi) is 4.24. The molecule has 0 aliphatic rings. The van der Waals surface area contributed by atoms with Crippen molar-refractivity contribution in [3.63, 3.8) is 0 Å². The van der Waals surface area contributed by atoms with Crippen LogP contribution in [0.25, 0.3) is 0 Å². The third-order valence-electron chi connectivity index (χ3n) is 0.611. The number of hydrogen-bond acceptors (Lipinski definition) is 3. The highest BCUT2D eigenvalue weighted by Gasteiger charge is 2.23. The summed E-state index contributed by atoms with van der Waals surface area (Å²) in [6.07, 6.45) is 0. The van der Waals surface area contributed by atoms with Gasteiger partial charge in [-0.3, -0.25) is 3.89 Å². The minimum atomic E-state index is 0.620. The molecule has 0 aromatic carbocycles. The highest BCUT2D eigenvalue weighted by molar-refractivity contribution is 8.18. The van der Waals surface area contributed by atoms with Crippen molar-refractivity contribution in [3.05, 3.63) is 0 Å². The fourth-order valence-electron chi connectivity index (χ4n) is 0.368. The lowest BCUT2D eigenvalue weighted by Gasteiger charge is -2.15. The molecule has 0 aromatic rings. The molecular weight excluding hydrogens is 166 g/mol. The number of hydrogen-bond donors (Lipinski definition) is 0. The van der Waals surface area contributed by atoms with Crippen LogP contribution < -0.4 is 0 Å². The average molecular weight is 180 g/mol. The number of thiocarbonyl (C=S) groups is 1. The molecule has 1 radical (unpaired) electrons. The lowest BCUT2D eigenvalue weighted by atomic mass is 10.9. The Hall–Kier alpha value is 0.200. The van der Waals surface area contributed by atoms with E-state index in [1.165, 1.54) is 11.9 Å². The normalized spacial score (nSPS) is 11.2. The van der Waals surface area contributed by atoms with Gasteiger partial charge in [-0.25, -0.2) is 4.74 Å². The van der Waals surface area contributed by atoms with E-state index in [0.29, 0.717) is 11.0 Å². The zero-order valence-corrected chi connectivity index (χ0v) is 8.51. The second kappa shape index (κ2) is 4.16.